The summed E-state index contributed by atoms with van der Waals surface area (Å²) in [7, 11) is 4.18. The molecule has 8 nitrogen and oxygen atoms in total. The van der Waals surface area contributed by atoms with Gasteiger partial charge in [-0.3, -0.25) is 4.68 Å². The molecule has 2 aromatic heterocycles. The number of likely N-dealkylation sites (N-methyl/N-ethyl adjacent to an activating group) is 1. The minimum absolute atomic E-state index is 0.749. The molecule has 1 N–H and O–H groups in total. The summed E-state index contributed by atoms with van der Waals surface area (Å²) in [6.07, 6.45) is 1.87. The maximum absolute atomic E-state index is 5.48. The lowest BCUT2D eigenvalue weighted by atomic mass is 10.3. The summed E-state index contributed by atoms with van der Waals surface area (Å²) in [6.45, 7) is 7.48. The standard InChI is InChI=1S/C15H23N7O/c1-19-3-5-22(6-4-19)15-17-13-12(11-16-20(13)2)14(18-15)21-7-9-23-10-8-21/h11H,3-10H2,1-2H3/p+1. The largest absolute Gasteiger partial charge is 0.378 e. The first-order valence-electron chi connectivity index (χ1n) is 8.31. The third-order valence-corrected chi connectivity index (χ3v) is 4.77. The van der Waals surface area contributed by atoms with Crippen molar-refractivity contribution in [3.63, 3.8) is 0 Å². The van der Waals surface area contributed by atoms with Gasteiger partial charge in [0.2, 0.25) is 5.95 Å². The van der Waals surface area contributed by atoms with E-state index in [-0.39, 0.29) is 0 Å². The van der Waals surface area contributed by atoms with Crippen molar-refractivity contribution in [1.82, 2.24) is 19.7 Å². The first kappa shape index (κ1) is 14.6. The molecule has 2 aliphatic rings. The molecule has 8 heteroatoms. The molecule has 0 aliphatic carbocycles. The van der Waals surface area contributed by atoms with Crippen molar-refractivity contribution in [3.05, 3.63) is 6.20 Å². The fourth-order valence-corrected chi connectivity index (χ4v) is 3.24. The minimum Gasteiger partial charge on any atom is -0.378 e. The Morgan fingerprint density at radius 2 is 1.78 bits per heavy atom. The SMILES string of the molecule is Cn1ncc2c(N3CCOCC3)nc(N3CC[NH+](C)CC3)nc21. The number of aromatic nitrogens is 4. The number of quaternary nitrogens is 1. The van der Waals surface area contributed by atoms with Crippen LogP contribution in [0.2, 0.25) is 0 Å². The highest BCUT2D eigenvalue weighted by atomic mass is 16.5. The van der Waals surface area contributed by atoms with Gasteiger partial charge in [-0.15, -0.1) is 0 Å². The van der Waals surface area contributed by atoms with Gasteiger partial charge in [0.05, 0.1) is 58.0 Å². The van der Waals surface area contributed by atoms with Crippen LogP contribution in [0.3, 0.4) is 0 Å². The Kier molecular flexibility index (Phi) is 3.78. The van der Waals surface area contributed by atoms with Gasteiger partial charge >= 0.3 is 0 Å². The fraction of sp³-hybridized carbons (Fsp3) is 0.667. The van der Waals surface area contributed by atoms with Gasteiger partial charge in [-0.1, -0.05) is 0 Å². The number of piperazine rings is 1. The third-order valence-electron chi connectivity index (χ3n) is 4.77. The number of ether oxygens (including phenoxy) is 1. The van der Waals surface area contributed by atoms with Crippen molar-refractivity contribution in [1.29, 1.82) is 0 Å². The van der Waals surface area contributed by atoms with Crippen LogP contribution in [0.1, 0.15) is 0 Å². The first-order valence-corrected chi connectivity index (χ1v) is 8.31. The van der Waals surface area contributed by atoms with Gasteiger partial charge in [0, 0.05) is 20.1 Å². The van der Waals surface area contributed by atoms with Gasteiger partial charge < -0.3 is 19.4 Å². The summed E-state index contributed by atoms with van der Waals surface area (Å²) >= 11 is 0. The van der Waals surface area contributed by atoms with Crippen molar-refractivity contribution in [3.8, 4) is 0 Å². The zero-order chi connectivity index (χ0) is 15.8. The molecule has 0 bridgehead atoms. The van der Waals surface area contributed by atoms with E-state index < -0.39 is 0 Å². The average Bonchev–Trinajstić information content (AvgIpc) is 2.97. The Balaban J connectivity index is 1.74. The normalized spacial score (nSPS) is 20.4. The van der Waals surface area contributed by atoms with Crippen LogP contribution in [0, 0.1) is 0 Å². The second kappa shape index (κ2) is 5.93. The molecule has 0 atom stereocenters. The van der Waals surface area contributed by atoms with Crippen LogP contribution in [0.25, 0.3) is 11.0 Å². The summed E-state index contributed by atoms with van der Waals surface area (Å²) in [5.41, 5.74) is 0.905. The molecule has 0 aromatic carbocycles. The maximum atomic E-state index is 5.48. The molecule has 2 saturated heterocycles. The predicted molar refractivity (Wildman–Crippen MR) is 88.2 cm³/mol. The highest BCUT2D eigenvalue weighted by Gasteiger charge is 2.24. The second-order valence-corrected chi connectivity index (χ2v) is 6.40. The molecular weight excluding hydrogens is 294 g/mol. The molecule has 0 amide bonds. The number of nitrogens with zero attached hydrogens (tertiary/aromatic N) is 6. The highest BCUT2D eigenvalue weighted by molar-refractivity contribution is 5.88. The van der Waals surface area contributed by atoms with Crippen molar-refractivity contribution < 1.29 is 9.64 Å². The monoisotopic (exact) mass is 318 g/mol. The average molecular weight is 318 g/mol. The van der Waals surface area contributed by atoms with E-state index in [1.807, 2.05) is 17.9 Å². The van der Waals surface area contributed by atoms with E-state index in [2.05, 4.69) is 21.9 Å². The lowest BCUT2D eigenvalue weighted by molar-refractivity contribution is -0.880. The van der Waals surface area contributed by atoms with E-state index in [0.717, 1.165) is 75.3 Å². The van der Waals surface area contributed by atoms with Crippen molar-refractivity contribution in [2.75, 3.05) is 69.3 Å². The second-order valence-electron chi connectivity index (χ2n) is 6.40. The molecule has 0 radical (unpaired) electrons. The molecule has 2 fully saturated rings. The Hall–Kier alpha value is -1.93. The molecule has 124 valence electrons. The molecule has 2 aromatic rings. The van der Waals surface area contributed by atoms with E-state index in [4.69, 9.17) is 14.7 Å². The topological polar surface area (TPSA) is 63.8 Å². The van der Waals surface area contributed by atoms with Gasteiger partial charge in [0.1, 0.15) is 5.82 Å². The lowest BCUT2D eigenvalue weighted by Crippen LogP contribution is -3.12. The Bertz CT molecular complexity index is 686. The maximum Gasteiger partial charge on any atom is 0.229 e. The van der Waals surface area contributed by atoms with Crippen LogP contribution in [0.5, 0.6) is 0 Å². The molecule has 0 unspecified atom stereocenters. The summed E-state index contributed by atoms with van der Waals surface area (Å²) in [4.78, 5) is 15.8. The number of nitrogens with one attached hydrogen (secondary N) is 1. The van der Waals surface area contributed by atoms with E-state index in [1.165, 1.54) is 0 Å². The highest BCUT2D eigenvalue weighted by Crippen LogP contribution is 2.26. The van der Waals surface area contributed by atoms with Gasteiger partial charge in [-0.05, 0) is 0 Å². The van der Waals surface area contributed by atoms with E-state index in [1.54, 1.807) is 4.90 Å². The van der Waals surface area contributed by atoms with Crippen molar-refractivity contribution >= 4 is 22.8 Å². The van der Waals surface area contributed by atoms with E-state index >= 15 is 0 Å². The fourth-order valence-electron chi connectivity index (χ4n) is 3.24. The number of hydrogen-bond donors (Lipinski definition) is 1. The molecule has 0 spiro atoms. The van der Waals surface area contributed by atoms with Crippen molar-refractivity contribution in [2.45, 2.75) is 0 Å². The van der Waals surface area contributed by atoms with Crippen LogP contribution >= 0.6 is 0 Å². The minimum atomic E-state index is 0.749. The number of morpholine rings is 1. The number of aryl methyl sites for hydroxylation is 1. The van der Waals surface area contributed by atoms with Gasteiger partial charge in [-0.2, -0.15) is 15.1 Å². The van der Waals surface area contributed by atoms with Crippen LogP contribution in [0.4, 0.5) is 11.8 Å². The van der Waals surface area contributed by atoms with Gasteiger partial charge in [0.25, 0.3) is 0 Å². The van der Waals surface area contributed by atoms with Crippen LogP contribution < -0.4 is 14.7 Å². The first-order chi connectivity index (χ1) is 11.2. The summed E-state index contributed by atoms with van der Waals surface area (Å²) < 4.78 is 7.32. The zero-order valence-electron chi connectivity index (χ0n) is 13.8. The molecule has 2 aliphatic heterocycles. The molecule has 0 saturated carbocycles. The number of anilines is 2. The Morgan fingerprint density at radius 3 is 2.52 bits per heavy atom. The Labute approximate surface area is 135 Å². The predicted octanol–water partition coefficient (Wildman–Crippen LogP) is -1.47. The molecule has 4 rings (SSSR count). The van der Waals surface area contributed by atoms with Crippen LogP contribution in [0.15, 0.2) is 6.20 Å². The van der Waals surface area contributed by atoms with Crippen LogP contribution in [-0.2, 0) is 11.8 Å². The molecular formula is C15H24N7O+. The molecule has 4 heterocycles. The Morgan fingerprint density at radius 1 is 1.04 bits per heavy atom. The number of hydrogen-bond acceptors (Lipinski definition) is 6. The van der Waals surface area contributed by atoms with Gasteiger partial charge in [-0.25, -0.2) is 0 Å². The quantitative estimate of drug-likeness (QED) is 0.730. The summed E-state index contributed by atoms with van der Waals surface area (Å²) in [5, 5.41) is 5.41. The van der Waals surface area contributed by atoms with E-state index in [9.17, 15) is 0 Å². The zero-order valence-corrected chi connectivity index (χ0v) is 13.8. The summed E-state index contributed by atoms with van der Waals surface area (Å²) in [5.74, 6) is 1.82. The third kappa shape index (κ3) is 2.72. The van der Waals surface area contributed by atoms with Crippen molar-refractivity contribution in [2.24, 2.45) is 7.05 Å². The van der Waals surface area contributed by atoms with Gasteiger partial charge in [0.15, 0.2) is 5.65 Å². The smallest absolute Gasteiger partial charge is 0.229 e. The number of fused-ring (bicyclic) bond motifs is 1. The lowest BCUT2D eigenvalue weighted by Gasteiger charge is -2.32. The number of rotatable bonds is 2. The van der Waals surface area contributed by atoms with Crippen LogP contribution in [-0.4, -0.2) is 79.3 Å². The van der Waals surface area contributed by atoms with E-state index in [0.29, 0.717) is 0 Å². The summed E-state index contributed by atoms with van der Waals surface area (Å²) in [6, 6.07) is 0. The molecule has 23 heavy (non-hydrogen) atoms.